The van der Waals surface area contributed by atoms with Gasteiger partial charge < -0.3 is 20.1 Å². The van der Waals surface area contributed by atoms with Gasteiger partial charge in [-0.3, -0.25) is 37.5 Å². The number of nitriles is 1. The minimum atomic E-state index is -4.74. The van der Waals surface area contributed by atoms with Crippen molar-refractivity contribution in [3.05, 3.63) is 56.9 Å². The molecule has 3 saturated carbocycles. The number of phosphoric acid groups is 1. The highest BCUT2D eigenvalue weighted by atomic mass is 31.2. The van der Waals surface area contributed by atoms with Crippen molar-refractivity contribution >= 4 is 19.4 Å². The van der Waals surface area contributed by atoms with Gasteiger partial charge in [-0.1, -0.05) is 25.5 Å². The third-order valence-electron chi connectivity index (χ3n) is 12.3. The lowest BCUT2D eigenvalue weighted by Gasteiger charge is -2.62. The van der Waals surface area contributed by atoms with Crippen LogP contribution in [0.1, 0.15) is 65.5 Å². The monoisotopic (exact) mass is 735 g/mol. The van der Waals surface area contributed by atoms with Crippen LogP contribution in [0.3, 0.4) is 0 Å². The SMILES string of the molecule is C[C@@H]1C[C@H]2[C@@H]3CCC4=CC(=O)C=C[C@]4(C)[C@@]3(F)[C@@H](O)C[C@]2(C)[C@@]1(O)C(=O)COP(=O)(OCCC#N)OC1C[C@H](n2ccc(=O)[nH]c2=O)O[C@@H]1CO. The predicted molar refractivity (Wildman–Crippen MR) is 174 cm³/mol. The number of phosphoric ester groups is 1. The Morgan fingerprint density at radius 3 is 2.67 bits per heavy atom. The van der Waals surface area contributed by atoms with Crippen molar-refractivity contribution in [1.82, 2.24) is 9.55 Å². The number of aromatic amines is 1. The summed E-state index contributed by atoms with van der Waals surface area (Å²) >= 11 is 0. The topological polar surface area (TPSA) is 227 Å². The van der Waals surface area contributed by atoms with Crippen LogP contribution < -0.4 is 11.2 Å². The summed E-state index contributed by atoms with van der Waals surface area (Å²) in [6.45, 7) is 2.92. The number of nitrogens with one attached hydrogen (secondary N) is 1. The van der Waals surface area contributed by atoms with E-state index in [4.69, 9.17) is 23.6 Å². The van der Waals surface area contributed by atoms with Crippen LogP contribution in [0, 0.1) is 39.9 Å². The zero-order valence-corrected chi connectivity index (χ0v) is 29.4. The van der Waals surface area contributed by atoms with Crippen molar-refractivity contribution in [3.8, 4) is 6.07 Å². The summed E-state index contributed by atoms with van der Waals surface area (Å²) in [5, 5.41) is 43.0. The number of rotatable bonds is 11. The van der Waals surface area contributed by atoms with Crippen LogP contribution in [0.15, 0.2) is 45.7 Å². The van der Waals surface area contributed by atoms with Gasteiger partial charge in [-0.25, -0.2) is 13.8 Å². The maximum atomic E-state index is 17.5. The number of hydrogen-bond acceptors (Lipinski definition) is 13. The van der Waals surface area contributed by atoms with E-state index in [2.05, 4.69) is 4.98 Å². The number of allylic oxidation sites excluding steroid dienone is 4. The fraction of sp³-hybridized carbons (Fsp3) is 0.676. The van der Waals surface area contributed by atoms with E-state index < -0.39 is 109 Å². The number of ether oxygens (including phenoxy) is 1. The number of Topliss-reactive ketones (excluding diaryl/α,β-unsaturated/α-hetero) is 1. The first-order valence-electron chi connectivity index (χ1n) is 17.1. The average molecular weight is 736 g/mol. The van der Waals surface area contributed by atoms with Crippen molar-refractivity contribution in [2.75, 3.05) is 19.8 Å². The Bertz CT molecular complexity index is 1860. The van der Waals surface area contributed by atoms with E-state index >= 15 is 4.39 Å². The Morgan fingerprint density at radius 1 is 1.24 bits per heavy atom. The Balaban J connectivity index is 1.23. The summed E-state index contributed by atoms with van der Waals surface area (Å²) in [6.07, 6.45) is 0.705. The van der Waals surface area contributed by atoms with Crippen molar-refractivity contribution < 1.29 is 52.2 Å². The highest BCUT2D eigenvalue weighted by molar-refractivity contribution is 7.48. The van der Waals surface area contributed by atoms with Gasteiger partial charge in [-0.05, 0) is 56.6 Å². The summed E-state index contributed by atoms with van der Waals surface area (Å²) in [7, 11) is -4.74. The first-order chi connectivity index (χ1) is 24.0. The molecule has 17 heteroatoms. The van der Waals surface area contributed by atoms with Gasteiger partial charge in [-0.2, -0.15) is 5.26 Å². The van der Waals surface area contributed by atoms with Gasteiger partial charge >= 0.3 is 13.5 Å². The van der Waals surface area contributed by atoms with Gasteiger partial charge in [0.2, 0.25) is 0 Å². The second-order valence-electron chi connectivity index (χ2n) is 14.8. The molecule has 15 nitrogen and oxygen atoms in total. The molecule has 2 heterocycles. The Morgan fingerprint density at radius 2 is 1.98 bits per heavy atom. The third kappa shape index (κ3) is 5.86. The standard InChI is InChI=1S/C34H43FN3O12P/c1-19-13-23-22-6-5-20-14-21(40)7-9-31(20,2)33(22,35)26(41)16-32(23,3)34(19,45)27(42)18-48-51(46,47-12-4-10-36)50-24-15-29(49-25(24)17-39)38-11-8-28(43)37-30(38)44/h7-9,11,14,19,22-26,29,39,41,45H,4-6,12-13,15-18H2,1-3H3,(H,37,43,44)/t19-,22+,23+,24?,25-,26+,29-,31+,32+,33+,34+,51?/m1/s1. The average Bonchev–Trinajstić information content (AvgIpc) is 3.56. The number of alkyl halides is 1. The molecule has 4 N–H and O–H groups in total. The van der Waals surface area contributed by atoms with Crippen LogP contribution in [0.4, 0.5) is 4.39 Å². The lowest BCUT2D eigenvalue weighted by atomic mass is 9.44. The molecule has 4 fully saturated rings. The third-order valence-corrected chi connectivity index (χ3v) is 13.7. The van der Waals surface area contributed by atoms with Gasteiger partial charge in [0, 0.05) is 35.4 Å². The summed E-state index contributed by atoms with van der Waals surface area (Å²) in [4.78, 5) is 52.2. The molecule has 12 atom stereocenters. The van der Waals surface area contributed by atoms with E-state index in [1.54, 1.807) is 20.8 Å². The van der Waals surface area contributed by atoms with E-state index in [0.29, 0.717) is 18.4 Å². The Labute approximate surface area is 292 Å². The maximum Gasteiger partial charge on any atom is 0.475 e. The molecular formula is C34H43FN3O12P. The van der Waals surface area contributed by atoms with E-state index in [9.17, 15) is 39.1 Å². The lowest BCUT2D eigenvalue weighted by molar-refractivity contribution is -0.219. The summed E-state index contributed by atoms with van der Waals surface area (Å²) in [5.74, 6) is -3.19. The van der Waals surface area contributed by atoms with Gasteiger partial charge in [-0.15, -0.1) is 0 Å². The molecule has 0 radical (unpaired) electrons. The van der Waals surface area contributed by atoms with Crippen molar-refractivity contribution in [2.45, 2.75) is 95.1 Å². The molecular weight excluding hydrogens is 692 g/mol. The molecule has 0 bridgehead atoms. The number of nitrogens with zero attached hydrogens (tertiary/aromatic N) is 2. The molecule has 0 spiro atoms. The van der Waals surface area contributed by atoms with Gasteiger partial charge in [0.25, 0.3) is 5.56 Å². The minimum Gasteiger partial charge on any atom is -0.394 e. The van der Waals surface area contributed by atoms with Crippen LogP contribution in [0.2, 0.25) is 0 Å². The number of halogens is 1. The van der Waals surface area contributed by atoms with Crippen molar-refractivity contribution in [1.29, 1.82) is 5.26 Å². The molecule has 1 aliphatic heterocycles. The smallest absolute Gasteiger partial charge is 0.394 e. The van der Waals surface area contributed by atoms with Crippen LogP contribution in [0.5, 0.6) is 0 Å². The molecule has 1 aromatic heterocycles. The van der Waals surface area contributed by atoms with Crippen molar-refractivity contribution in [2.24, 2.45) is 28.6 Å². The number of carbonyl (C=O) groups is 2. The Hall–Kier alpha value is -3.13. The van der Waals surface area contributed by atoms with E-state index in [0.717, 1.165) is 10.6 Å². The number of aromatic nitrogens is 2. The van der Waals surface area contributed by atoms with Crippen LogP contribution in [0.25, 0.3) is 0 Å². The number of H-pyrrole nitrogens is 1. The summed E-state index contributed by atoms with van der Waals surface area (Å²) < 4.78 is 54.9. The second kappa shape index (κ2) is 13.4. The highest BCUT2D eigenvalue weighted by Gasteiger charge is 2.75. The molecule has 278 valence electrons. The fourth-order valence-electron chi connectivity index (χ4n) is 9.66. The maximum absolute atomic E-state index is 17.5. The molecule has 1 aromatic rings. The van der Waals surface area contributed by atoms with Crippen LogP contribution >= 0.6 is 7.82 Å². The quantitative estimate of drug-likeness (QED) is 0.189. The second-order valence-corrected chi connectivity index (χ2v) is 16.4. The molecule has 51 heavy (non-hydrogen) atoms. The number of aliphatic hydroxyl groups is 3. The zero-order chi connectivity index (χ0) is 37.1. The normalized spacial score (nSPS) is 41.2. The molecule has 4 aliphatic carbocycles. The predicted octanol–water partition coefficient (Wildman–Crippen LogP) is 2.17. The summed E-state index contributed by atoms with van der Waals surface area (Å²) in [6, 6.07) is 2.92. The summed E-state index contributed by atoms with van der Waals surface area (Å²) in [5.41, 5.74) is -7.76. The number of fused-ring (bicyclic) bond motifs is 5. The van der Waals surface area contributed by atoms with Gasteiger partial charge in [0.1, 0.15) is 30.6 Å². The van der Waals surface area contributed by atoms with Crippen molar-refractivity contribution in [3.63, 3.8) is 0 Å². The van der Waals surface area contributed by atoms with E-state index in [1.807, 2.05) is 6.07 Å². The molecule has 2 unspecified atom stereocenters. The fourth-order valence-corrected chi connectivity index (χ4v) is 11.0. The largest absolute Gasteiger partial charge is 0.475 e. The van der Waals surface area contributed by atoms with Crippen LogP contribution in [-0.4, -0.2) is 85.8 Å². The molecule has 0 amide bonds. The minimum absolute atomic E-state index is 0.162. The number of ketones is 2. The molecule has 0 aromatic carbocycles. The highest BCUT2D eigenvalue weighted by Crippen LogP contribution is 2.71. The lowest BCUT2D eigenvalue weighted by Crippen LogP contribution is -2.69. The molecule has 1 saturated heterocycles. The van der Waals surface area contributed by atoms with Gasteiger partial charge in [0.05, 0.1) is 31.8 Å². The number of carbonyl (C=O) groups excluding carboxylic acids is 2. The molecule has 5 aliphatic rings. The van der Waals surface area contributed by atoms with E-state index in [-0.39, 0.29) is 31.5 Å². The molecule has 6 rings (SSSR count). The Kier molecular flexibility index (Phi) is 9.87. The van der Waals surface area contributed by atoms with E-state index in [1.165, 1.54) is 24.4 Å². The number of aliphatic hydroxyl groups excluding tert-OH is 2. The van der Waals surface area contributed by atoms with Gasteiger partial charge in [0.15, 0.2) is 17.2 Å². The van der Waals surface area contributed by atoms with Crippen LogP contribution in [-0.2, 0) is 32.5 Å². The first kappa shape index (κ1) is 37.6. The first-order valence-corrected chi connectivity index (χ1v) is 18.5. The zero-order valence-electron chi connectivity index (χ0n) is 28.5. The number of hydrogen-bond donors (Lipinski definition) is 4.